The lowest BCUT2D eigenvalue weighted by Gasteiger charge is -2.19. The Morgan fingerprint density at radius 2 is 1.94 bits per heavy atom. The first-order valence-corrected chi connectivity index (χ1v) is 5.50. The molecule has 0 aliphatic carbocycles. The average Bonchev–Trinajstić information content (AvgIpc) is 2.35. The molecule has 0 radical (unpaired) electrons. The van der Waals surface area contributed by atoms with Gasteiger partial charge in [0, 0.05) is 12.6 Å². The Kier molecular flexibility index (Phi) is 4.99. The van der Waals surface area contributed by atoms with E-state index in [1.807, 2.05) is 32.0 Å². The summed E-state index contributed by atoms with van der Waals surface area (Å²) in [4.78, 5) is 11.3. The molecule has 1 N–H and O–H groups in total. The molecule has 0 amide bonds. The van der Waals surface area contributed by atoms with E-state index in [-0.39, 0.29) is 17.9 Å². The third-order valence-corrected chi connectivity index (χ3v) is 2.79. The minimum atomic E-state index is -0.173. The van der Waals surface area contributed by atoms with Gasteiger partial charge in [-0.3, -0.25) is 4.79 Å². The highest BCUT2D eigenvalue weighted by Gasteiger charge is 2.19. The fourth-order valence-electron chi connectivity index (χ4n) is 1.44. The van der Waals surface area contributed by atoms with Crippen molar-refractivity contribution >= 4 is 5.97 Å². The van der Waals surface area contributed by atoms with Crippen LogP contribution in [0.3, 0.4) is 0 Å². The second kappa shape index (κ2) is 6.28. The third-order valence-electron chi connectivity index (χ3n) is 2.79. The summed E-state index contributed by atoms with van der Waals surface area (Å²) < 4.78 is 4.71. The molecular weight excluding hydrogens is 202 g/mol. The number of methoxy groups -OCH3 is 1. The van der Waals surface area contributed by atoms with Gasteiger partial charge in [-0.25, -0.2) is 0 Å². The maximum absolute atomic E-state index is 11.3. The van der Waals surface area contributed by atoms with Crippen LogP contribution in [0, 0.1) is 5.92 Å². The van der Waals surface area contributed by atoms with Crippen molar-refractivity contribution in [1.82, 2.24) is 5.32 Å². The van der Waals surface area contributed by atoms with Crippen LogP contribution >= 0.6 is 0 Å². The zero-order valence-corrected chi connectivity index (χ0v) is 10.1. The summed E-state index contributed by atoms with van der Waals surface area (Å²) in [6.45, 7) is 4.63. The number of carbonyl (C=O) groups excluding carboxylic acids is 1. The fourth-order valence-corrected chi connectivity index (χ4v) is 1.44. The van der Waals surface area contributed by atoms with Crippen LogP contribution in [0.1, 0.15) is 19.4 Å². The first-order chi connectivity index (χ1) is 7.65. The molecular formula is C13H19NO2. The minimum absolute atomic E-state index is 0.104. The highest BCUT2D eigenvalue weighted by atomic mass is 16.5. The van der Waals surface area contributed by atoms with Gasteiger partial charge in [0.15, 0.2) is 0 Å². The van der Waals surface area contributed by atoms with Crippen molar-refractivity contribution in [2.24, 2.45) is 5.92 Å². The summed E-state index contributed by atoms with van der Waals surface area (Å²) in [5.74, 6) is -0.304. The zero-order valence-electron chi connectivity index (χ0n) is 10.1. The molecule has 0 heterocycles. The van der Waals surface area contributed by atoms with Crippen LogP contribution in [0.2, 0.25) is 0 Å². The lowest BCUT2D eigenvalue weighted by molar-refractivity contribution is -0.145. The normalized spacial score (nSPS) is 14.2. The van der Waals surface area contributed by atoms with Crippen molar-refractivity contribution in [2.75, 3.05) is 7.11 Å². The Bertz CT molecular complexity index is 324. The van der Waals surface area contributed by atoms with E-state index in [0.29, 0.717) is 0 Å². The van der Waals surface area contributed by atoms with Crippen molar-refractivity contribution in [2.45, 2.75) is 26.4 Å². The Morgan fingerprint density at radius 3 is 2.50 bits per heavy atom. The van der Waals surface area contributed by atoms with Gasteiger partial charge in [-0.2, -0.15) is 0 Å². The Balaban J connectivity index is 2.41. The monoisotopic (exact) mass is 221 g/mol. The molecule has 3 heteroatoms. The number of nitrogens with one attached hydrogen (secondary N) is 1. The number of ether oxygens (including phenoxy) is 1. The number of carbonyl (C=O) groups is 1. The molecule has 0 aliphatic rings. The zero-order chi connectivity index (χ0) is 12.0. The van der Waals surface area contributed by atoms with Crippen LogP contribution in [0.25, 0.3) is 0 Å². The van der Waals surface area contributed by atoms with Gasteiger partial charge in [-0.1, -0.05) is 37.3 Å². The van der Waals surface area contributed by atoms with Crippen molar-refractivity contribution in [3.8, 4) is 0 Å². The van der Waals surface area contributed by atoms with E-state index in [2.05, 4.69) is 17.4 Å². The third kappa shape index (κ3) is 3.66. The van der Waals surface area contributed by atoms with Gasteiger partial charge in [0.2, 0.25) is 0 Å². The van der Waals surface area contributed by atoms with Crippen LogP contribution in [0.5, 0.6) is 0 Å². The lowest BCUT2D eigenvalue weighted by atomic mass is 10.0. The van der Waals surface area contributed by atoms with Crippen molar-refractivity contribution < 1.29 is 9.53 Å². The van der Waals surface area contributed by atoms with E-state index in [1.165, 1.54) is 12.7 Å². The first kappa shape index (κ1) is 12.7. The topological polar surface area (TPSA) is 38.3 Å². The van der Waals surface area contributed by atoms with Crippen molar-refractivity contribution in [1.29, 1.82) is 0 Å². The van der Waals surface area contributed by atoms with Gasteiger partial charge >= 0.3 is 5.97 Å². The van der Waals surface area contributed by atoms with E-state index in [1.54, 1.807) is 0 Å². The van der Waals surface area contributed by atoms with E-state index in [9.17, 15) is 4.79 Å². The molecule has 1 rings (SSSR count). The minimum Gasteiger partial charge on any atom is -0.469 e. The summed E-state index contributed by atoms with van der Waals surface area (Å²) in [5, 5.41) is 3.31. The highest BCUT2D eigenvalue weighted by molar-refractivity contribution is 5.72. The predicted octanol–water partition coefficient (Wildman–Crippen LogP) is 1.97. The van der Waals surface area contributed by atoms with E-state index in [0.717, 1.165) is 6.54 Å². The Morgan fingerprint density at radius 1 is 1.31 bits per heavy atom. The molecule has 1 aromatic rings. The molecule has 2 unspecified atom stereocenters. The lowest BCUT2D eigenvalue weighted by Crippen LogP contribution is -2.36. The van der Waals surface area contributed by atoms with Gasteiger partial charge in [0.1, 0.15) is 0 Å². The van der Waals surface area contributed by atoms with Crippen LogP contribution < -0.4 is 5.32 Å². The van der Waals surface area contributed by atoms with Crippen molar-refractivity contribution in [3.63, 3.8) is 0 Å². The molecule has 0 spiro atoms. The smallest absolute Gasteiger partial charge is 0.309 e. The number of rotatable bonds is 5. The molecule has 0 saturated carbocycles. The molecule has 16 heavy (non-hydrogen) atoms. The quantitative estimate of drug-likeness (QED) is 0.773. The summed E-state index contributed by atoms with van der Waals surface area (Å²) in [6, 6.07) is 10.2. The molecule has 0 fully saturated rings. The summed E-state index contributed by atoms with van der Waals surface area (Å²) >= 11 is 0. The first-order valence-electron chi connectivity index (χ1n) is 5.50. The van der Waals surface area contributed by atoms with Crippen LogP contribution in [0.4, 0.5) is 0 Å². The van der Waals surface area contributed by atoms with Gasteiger partial charge in [0.05, 0.1) is 13.0 Å². The van der Waals surface area contributed by atoms with Gasteiger partial charge in [-0.05, 0) is 12.5 Å². The second-order valence-electron chi connectivity index (χ2n) is 3.97. The molecule has 0 bridgehead atoms. The van der Waals surface area contributed by atoms with Crippen LogP contribution in [0.15, 0.2) is 30.3 Å². The summed E-state index contributed by atoms with van der Waals surface area (Å²) in [6.07, 6.45) is 0. The molecule has 0 saturated heterocycles. The van der Waals surface area contributed by atoms with Crippen molar-refractivity contribution in [3.05, 3.63) is 35.9 Å². The summed E-state index contributed by atoms with van der Waals surface area (Å²) in [5.41, 5.74) is 1.21. The summed E-state index contributed by atoms with van der Waals surface area (Å²) in [7, 11) is 1.42. The largest absolute Gasteiger partial charge is 0.469 e. The maximum atomic E-state index is 11.3. The molecule has 88 valence electrons. The Hall–Kier alpha value is -1.35. The number of benzene rings is 1. The van der Waals surface area contributed by atoms with E-state index in [4.69, 9.17) is 4.74 Å². The van der Waals surface area contributed by atoms with E-state index >= 15 is 0 Å². The highest BCUT2D eigenvalue weighted by Crippen LogP contribution is 2.06. The number of hydrogen-bond donors (Lipinski definition) is 1. The van der Waals surface area contributed by atoms with Crippen LogP contribution in [-0.2, 0) is 16.1 Å². The average molecular weight is 221 g/mol. The standard InChI is InChI=1S/C13H19NO2/c1-10(13(15)16-3)11(2)14-9-12-7-5-4-6-8-12/h4-8,10-11,14H,9H2,1-3H3. The SMILES string of the molecule is COC(=O)C(C)C(C)NCc1ccccc1. The maximum Gasteiger partial charge on any atom is 0.309 e. The number of hydrogen-bond acceptors (Lipinski definition) is 3. The number of esters is 1. The molecule has 3 nitrogen and oxygen atoms in total. The van der Waals surface area contributed by atoms with Gasteiger partial charge < -0.3 is 10.1 Å². The van der Waals surface area contributed by atoms with Crippen LogP contribution in [-0.4, -0.2) is 19.1 Å². The predicted molar refractivity (Wildman–Crippen MR) is 63.9 cm³/mol. The molecule has 0 aromatic heterocycles. The second-order valence-corrected chi connectivity index (χ2v) is 3.97. The molecule has 0 aliphatic heterocycles. The molecule has 2 atom stereocenters. The Labute approximate surface area is 96.8 Å². The molecule has 1 aromatic carbocycles. The van der Waals surface area contributed by atoms with E-state index < -0.39 is 0 Å². The fraction of sp³-hybridized carbons (Fsp3) is 0.462. The van der Waals surface area contributed by atoms with Gasteiger partial charge in [0.25, 0.3) is 0 Å². The van der Waals surface area contributed by atoms with Gasteiger partial charge in [-0.15, -0.1) is 0 Å².